The molecule has 15 heavy (non-hydrogen) atoms. The molecule has 1 rings (SSSR count). The summed E-state index contributed by atoms with van der Waals surface area (Å²) in [5, 5.41) is 0.576. The molecule has 82 valence electrons. The predicted molar refractivity (Wildman–Crippen MR) is 64.6 cm³/mol. The highest BCUT2D eigenvalue weighted by atomic mass is 35.5. The number of Topliss-reactive ketones (excluding diaryl/α,β-unsaturated/α-hetero) is 1. The minimum Gasteiger partial charge on any atom is -0.294 e. The molecule has 0 saturated heterocycles. The van der Waals surface area contributed by atoms with Crippen LogP contribution in [0.25, 0.3) is 0 Å². The quantitative estimate of drug-likeness (QED) is 0.699. The molecule has 0 aliphatic heterocycles. The Bertz CT molecular complexity index is 333. The number of ketones is 1. The van der Waals surface area contributed by atoms with Crippen LogP contribution in [-0.2, 0) is 0 Å². The first-order valence-electron chi connectivity index (χ1n) is 5.41. The Hall–Kier alpha value is -0.820. The zero-order valence-corrected chi connectivity index (χ0v) is 10.3. The van der Waals surface area contributed by atoms with E-state index in [0.717, 1.165) is 18.4 Å². The second-order valence-corrected chi connectivity index (χ2v) is 4.22. The SMILES string of the molecule is CCC(CC)C(=O)c1c(C)cccc1Cl. The second kappa shape index (κ2) is 5.32. The smallest absolute Gasteiger partial charge is 0.167 e. The van der Waals surface area contributed by atoms with Gasteiger partial charge in [-0.15, -0.1) is 0 Å². The molecule has 0 amide bonds. The third-order valence-corrected chi connectivity index (χ3v) is 3.14. The van der Waals surface area contributed by atoms with Crippen molar-refractivity contribution in [2.75, 3.05) is 0 Å². The van der Waals surface area contributed by atoms with Crippen molar-refractivity contribution in [2.45, 2.75) is 33.6 Å². The standard InChI is InChI=1S/C13H17ClO/c1-4-10(5-2)13(15)12-9(3)7-6-8-11(12)14/h6-8,10H,4-5H2,1-3H3. The molecule has 0 aliphatic rings. The van der Waals surface area contributed by atoms with Crippen LogP contribution in [0.2, 0.25) is 5.02 Å². The van der Waals surface area contributed by atoms with Crippen LogP contribution in [0.3, 0.4) is 0 Å². The van der Waals surface area contributed by atoms with Gasteiger partial charge in [-0.3, -0.25) is 4.79 Å². The Labute approximate surface area is 96.5 Å². The predicted octanol–water partition coefficient (Wildman–Crippen LogP) is 4.27. The van der Waals surface area contributed by atoms with Crippen LogP contribution in [0.5, 0.6) is 0 Å². The van der Waals surface area contributed by atoms with Gasteiger partial charge >= 0.3 is 0 Å². The maximum Gasteiger partial charge on any atom is 0.167 e. The Morgan fingerprint density at radius 2 is 1.93 bits per heavy atom. The van der Waals surface area contributed by atoms with E-state index in [1.54, 1.807) is 6.07 Å². The molecule has 0 radical (unpaired) electrons. The van der Waals surface area contributed by atoms with E-state index in [0.29, 0.717) is 10.6 Å². The van der Waals surface area contributed by atoms with Crippen LogP contribution in [0, 0.1) is 12.8 Å². The zero-order chi connectivity index (χ0) is 11.4. The van der Waals surface area contributed by atoms with Gasteiger partial charge in [-0.25, -0.2) is 0 Å². The van der Waals surface area contributed by atoms with Crippen LogP contribution in [-0.4, -0.2) is 5.78 Å². The van der Waals surface area contributed by atoms with Gasteiger partial charge in [0.1, 0.15) is 0 Å². The summed E-state index contributed by atoms with van der Waals surface area (Å²) in [7, 11) is 0. The molecule has 0 unspecified atom stereocenters. The monoisotopic (exact) mass is 224 g/mol. The summed E-state index contributed by atoms with van der Waals surface area (Å²) in [5.41, 5.74) is 1.67. The molecule has 0 N–H and O–H groups in total. The number of carbonyl (C=O) groups excluding carboxylic acids is 1. The maximum absolute atomic E-state index is 12.2. The summed E-state index contributed by atoms with van der Waals surface area (Å²) in [6, 6.07) is 5.59. The fourth-order valence-electron chi connectivity index (χ4n) is 1.81. The van der Waals surface area contributed by atoms with Crippen molar-refractivity contribution in [1.29, 1.82) is 0 Å². The third kappa shape index (κ3) is 2.60. The van der Waals surface area contributed by atoms with Gasteiger partial charge in [-0.05, 0) is 31.4 Å². The average molecular weight is 225 g/mol. The molecule has 0 saturated carbocycles. The lowest BCUT2D eigenvalue weighted by Crippen LogP contribution is -2.14. The van der Waals surface area contributed by atoms with Gasteiger partial charge in [0.25, 0.3) is 0 Å². The summed E-state index contributed by atoms with van der Waals surface area (Å²) in [6.45, 7) is 6.01. The Morgan fingerprint density at radius 3 is 2.40 bits per heavy atom. The fraction of sp³-hybridized carbons (Fsp3) is 0.462. The van der Waals surface area contributed by atoms with Crippen molar-refractivity contribution < 1.29 is 4.79 Å². The molecule has 0 bridgehead atoms. The summed E-state index contributed by atoms with van der Waals surface area (Å²) < 4.78 is 0. The van der Waals surface area contributed by atoms with Crippen LogP contribution in [0.4, 0.5) is 0 Å². The number of hydrogen-bond donors (Lipinski definition) is 0. The Kier molecular flexibility index (Phi) is 4.34. The van der Waals surface area contributed by atoms with E-state index in [1.165, 1.54) is 0 Å². The topological polar surface area (TPSA) is 17.1 Å². The largest absolute Gasteiger partial charge is 0.294 e. The second-order valence-electron chi connectivity index (χ2n) is 3.81. The first-order valence-corrected chi connectivity index (χ1v) is 5.78. The van der Waals surface area contributed by atoms with E-state index < -0.39 is 0 Å². The average Bonchev–Trinajstić information content (AvgIpc) is 2.19. The molecule has 0 aromatic heterocycles. The van der Waals surface area contributed by atoms with Gasteiger partial charge in [-0.1, -0.05) is 37.6 Å². The van der Waals surface area contributed by atoms with Crippen molar-refractivity contribution in [2.24, 2.45) is 5.92 Å². The molecule has 1 nitrogen and oxygen atoms in total. The minimum atomic E-state index is 0.101. The van der Waals surface area contributed by atoms with Crippen molar-refractivity contribution in [1.82, 2.24) is 0 Å². The highest BCUT2D eigenvalue weighted by molar-refractivity contribution is 6.34. The lowest BCUT2D eigenvalue weighted by atomic mass is 9.91. The molecule has 0 atom stereocenters. The highest BCUT2D eigenvalue weighted by Gasteiger charge is 2.20. The summed E-state index contributed by atoms with van der Waals surface area (Å²) in [5.74, 6) is 0.284. The van der Waals surface area contributed by atoms with Crippen LogP contribution in [0.15, 0.2) is 18.2 Å². The number of benzene rings is 1. The van der Waals surface area contributed by atoms with E-state index in [2.05, 4.69) is 0 Å². The van der Waals surface area contributed by atoms with E-state index in [4.69, 9.17) is 11.6 Å². The first-order chi connectivity index (χ1) is 7.11. The van der Waals surface area contributed by atoms with Gasteiger partial charge in [0.15, 0.2) is 5.78 Å². The summed E-state index contributed by atoms with van der Waals surface area (Å²) in [6.07, 6.45) is 1.75. The number of carbonyl (C=O) groups is 1. The van der Waals surface area contributed by atoms with Crippen molar-refractivity contribution in [3.63, 3.8) is 0 Å². The number of halogens is 1. The lowest BCUT2D eigenvalue weighted by Gasteiger charge is -2.14. The third-order valence-electron chi connectivity index (χ3n) is 2.82. The number of rotatable bonds is 4. The van der Waals surface area contributed by atoms with Crippen LogP contribution >= 0.6 is 11.6 Å². The highest BCUT2D eigenvalue weighted by Crippen LogP contribution is 2.25. The Balaban J connectivity index is 3.10. The molecule has 0 spiro atoms. The maximum atomic E-state index is 12.2. The van der Waals surface area contributed by atoms with Crippen molar-refractivity contribution >= 4 is 17.4 Å². The number of aryl methyl sites for hydroxylation is 1. The van der Waals surface area contributed by atoms with Gasteiger partial charge in [0, 0.05) is 11.5 Å². The van der Waals surface area contributed by atoms with E-state index in [9.17, 15) is 4.79 Å². The molecule has 0 aliphatic carbocycles. The van der Waals surface area contributed by atoms with Gasteiger partial charge < -0.3 is 0 Å². The molecular weight excluding hydrogens is 208 g/mol. The van der Waals surface area contributed by atoms with Crippen LogP contribution in [0.1, 0.15) is 42.6 Å². The molecule has 1 aromatic carbocycles. The molecular formula is C13H17ClO. The van der Waals surface area contributed by atoms with E-state index in [1.807, 2.05) is 32.9 Å². The molecule has 1 aromatic rings. The minimum absolute atomic E-state index is 0.101. The summed E-state index contributed by atoms with van der Waals surface area (Å²) >= 11 is 6.06. The normalized spacial score (nSPS) is 10.7. The van der Waals surface area contributed by atoms with Crippen molar-refractivity contribution in [3.8, 4) is 0 Å². The van der Waals surface area contributed by atoms with Gasteiger partial charge in [-0.2, -0.15) is 0 Å². The molecule has 2 heteroatoms. The number of hydrogen-bond acceptors (Lipinski definition) is 1. The summed E-state index contributed by atoms with van der Waals surface area (Å²) in [4.78, 5) is 12.2. The van der Waals surface area contributed by atoms with Crippen LogP contribution < -0.4 is 0 Å². The van der Waals surface area contributed by atoms with Gasteiger partial charge in [0.05, 0.1) is 5.02 Å². The lowest BCUT2D eigenvalue weighted by molar-refractivity contribution is 0.0913. The van der Waals surface area contributed by atoms with E-state index >= 15 is 0 Å². The van der Waals surface area contributed by atoms with Crippen molar-refractivity contribution in [3.05, 3.63) is 34.3 Å². The molecule has 0 fully saturated rings. The Morgan fingerprint density at radius 1 is 1.33 bits per heavy atom. The molecule has 0 heterocycles. The van der Waals surface area contributed by atoms with E-state index in [-0.39, 0.29) is 11.7 Å². The van der Waals surface area contributed by atoms with Gasteiger partial charge in [0.2, 0.25) is 0 Å². The zero-order valence-electron chi connectivity index (χ0n) is 9.51. The fourth-order valence-corrected chi connectivity index (χ4v) is 2.12. The first kappa shape index (κ1) is 12.3.